The number of carbonyl (C=O) groups excluding carboxylic acids is 2. The van der Waals surface area contributed by atoms with E-state index in [0.717, 1.165) is 10.5 Å². The van der Waals surface area contributed by atoms with Gasteiger partial charge in [-0.05, 0) is 36.8 Å². The molecule has 2 amide bonds. The van der Waals surface area contributed by atoms with Gasteiger partial charge in [-0.2, -0.15) is 0 Å². The predicted molar refractivity (Wildman–Crippen MR) is 106 cm³/mol. The van der Waals surface area contributed by atoms with Crippen LogP contribution in [0.15, 0.2) is 24.3 Å². The van der Waals surface area contributed by atoms with E-state index in [1.165, 1.54) is 5.56 Å². The summed E-state index contributed by atoms with van der Waals surface area (Å²) in [5, 5.41) is 5.99. The molecule has 0 bridgehead atoms. The zero-order chi connectivity index (χ0) is 19.9. The lowest BCUT2D eigenvalue weighted by atomic mass is 9.93. The lowest BCUT2D eigenvalue weighted by molar-refractivity contribution is -0.862. The van der Waals surface area contributed by atoms with Crippen LogP contribution in [0.2, 0.25) is 0 Å². The van der Waals surface area contributed by atoms with Crippen molar-refractivity contribution < 1.29 is 14.5 Å². The fraction of sp³-hybridized carbons (Fsp3) is 0.619. The summed E-state index contributed by atoms with van der Waals surface area (Å²) in [6.07, 6.45) is 0. The molecule has 26 heavy (non-hydrogen) atoms. The minimum absolute atomic E-state index is 0.0268. The zero-order valence-corrected chi connectivity index (χ0v) is 17.3. The van der Waals surface area contributed by atoms with Crippen molar-refractivity contribution in [3.8, 4) is 0 Å². The summed E-state index contributed by atoms with van der Waals surface area (Å²) in [5.74, 6) is 0.709. The number of hydrogen-bond donors (Lipinski definition) is 3. The standard InChI is InChI=1S/C21H35N3O2/c1-14(2)17-8-10-18(11-9-17)21(15(3)4)23-20(26)13-24(7)12-19(25)22-16(5)6/h8-11,14-16,21H,12-13H2,1-7H3,(H,22,25)(H,23,26)/p+1/t21-/m1/s1. The predicted octanol–water partition coefficient (Wildman–Crippen LogP) is 1.66. The molecule has 1 aromatic carbocycles. The summed E-state index contributed by atoms with van der Waals surface area (Å²) >= 11 is 0. The Kier molecular flexibility index (Phi) is 8.79. The van der Waals surface area contributed by atoms with Crippen molar-refractivity contribution in [1.82, 2.24) is 10.6 Å². The van der Waals surface area contributed by atoms with Gasteiger partial charge in [0, 0.05) is 6.04 Å². The average Bonchev–Trinajstić information content (AvgIpc) is 2.51. The number of likely N-dealkylation sites (N-methyl/N-ethyl adjacent to an activating group) is 1. The second kappa shape index (κ2) is 10.3. The van der Waals surface area contributed by atoms with E-state index in [9.17, 15) is 9.59 Å². The van der Waals surface area contributed by atoms with Crippen LogP contribution in [0.5, 0.6) is 0 Å². The first-order chi connectivity index (χ1) is 12.1. The highest BCUT2D eigenvalue weighted by Gasteiger charge is 2.21. The third kappa shape index (κ3) is 7.56. The third-order valence-corrected chi connectivity index (χ3v) is 4.32. The number of carbonyl (C=O) groups is 2. The Morgan fingerprint density at radius 2 is 1.31 bits per heavy atom. The Labute approximate surface area is 158 Å². The van der Waals surface area contributed by atoms with Crippen LogP contribution in [-0.4, -0.2) is 38.0 Å². The van der Waals surface area contributed by atoms with Crippen molar-refractivity contribution in [3.63, 3.8) is 0 Å². The summed E-state index contributed by atoms with van der Waals surface area (Å²) in [6.45, 7) is 13.0. The molecule has 0 saturated carbocycles. The Morgan fingerprint density at radius 3 is 1.73 bits per heavy atom. The van der Waals surface area contributed by atoms with Crippen LogP contribution in [0.25, 0.3) is 0 Å². The van der Waals surface area contributed by atoms with Crippen LogP contribution >= 0.6 is 0 Å². The number of quaternary nitrogens is 1. The number of nitrogens with one attached hydrogen (secondary N) is 3. The van der Waals surface area contributed by atoms with Crippen LogP contribution in [0.4, 0.5) is 0 Å². The summed E-state index contributed by atoms with van der Waals surface area (Å²) in [4.78, 5) is 25.2. The largest absolute Gasteiger partial charge is 0.349 e. The van der Waals surface area contributed by atoms with E-state index >= 15 is 0 Å². The molecule has 0 saturated heterocycles. The molecule has 0 aliphatic heterocycles. The van der Waals surface area contributed by atoms with E-state index in [1.54, 1.807) is 0 Å². The van der Waals surface area contributed by atoms with Crippen LogP contribution in [0, 0.1) is 5.92 Å². The number of benzene rings is 1. The highest BCUT2D eigenvalue weighted by atomic mass is 16.2. The molecule has 5 nitrogen and oxygen atoms in total. The highest BCUT2D eigenvalue weighted by Crippen LogP contribution is 2.23. The second-order valence-corrected chi connectivity index (χ2v) is 8.14. The zero-order valence-electron chi connectivity index (χ0n) is 17.3. The van der Waals surface area contributed by atoms with Gasteiger partial charge in [0.15, 0.2) is 13.1 Å². The molecule has 1 aromatic rings. The van der Waals surface area contributed by atoms with Gasteiger partial charge in [0.1, 0.15) is 0 Å². The van der Waals surface area contributed by atoms with Crippen molar-refractivity contribution in [2.24, 2.45) is 5.92 Å². The molecular weight excluding hydrogens is 326 g/mol. The van der Waals surface area contributed by atoms with Crippen molar-refractivity contribution in [1.29, 1.82) is 0 Å². The molecule has 0 aliphatic carbocycles. The van der Waals surface area contributed by atoms with Gasteiger partial charge in [0.2, 0.25) is 0 Å². The molecule has 1 unspecified atom stereocenters. The summed E-state index contributed by atoms with van der Waals surface area (Å²) in [7, 11) is 1.86. The van der Waals surface area contributed by atoms with Crippen LogP contribution in [0.1, 0.15) is 64.6 Å². The molecule has 0 radical (unpaired) electrons. The minimum Gasteiger partial charge on any atom is -0.349 e. The molecule has 3 N–H and O–H groups in total. The first-order valence-electron chi connectivity index (χ1n) is 9.60. The van der Waals surface area contributed by atoms with Crippen LogP contribution in [0.3, 0.4) is 0 Å². The average molecular weight is 363 g/mol. The van der Waals surface area contributed by atoms with Gasteiger partial charge in [0.05, 0.1) is 13.1 Å². The van der Waals surface area contributed by atoms with E-state index in [2.05, 4.69) is 62.6 Å². The van der Waals surface area contributed by atoms with Crippen molar-refractivity contribution >= 4 is 11.8 Å². The van der Waals surface area contributed by atoms with Crippen molar-refractivity contribution in [2.75, 3.05) is 20.1 Å². The smallest absolute Gasteiger partial charge is 0.275 e. The molecule has 0 heterocycles. The van der Waals surface area contributed by atoms with Gasteiger partial charge in [-0.25, -0.2) is 0 Å². The molecule has 0 aliphatic rings. The summed E-state index contributed by atoms with van der Waals surface area (Å²) in [6, 6.07) is 8.56. The maximum absolute atomic E-state index is 12.5. The lowest BCUT2D eigenvalue weighted by Crippen LogP contribution is -3.11. The van der Waals surface area contributed by atoms with Gasteiger partial charge in [-0.1, -0.05) is 52.0 Å². The molecule has 1 rings (SSSR count). The first-order valence-corrected chi connectivity index (χ1v) is 9.60. The van der Waals surface area contributed by atoms with E-state index < -0.39 is 0 Å². The first kappa shape index (κ1) is 22.2. The molecule has 0 fully saturated rings. The summed E-state index contributed by atoms with van der Waals surface area (Å²) in [5.41, 5.74) is 2.41. The fourth-order valence-electron chi connectivity index (χ4n) is 2.93. The van der Waals surface area contributed by atoms with Crippen LogP contribution < -0.4 is 15.5 Å². The van der Waals surface area contributed by atoms with E-state index in [-0.39, 0.29) is 36.4 Å². The Bertz CT molecular complexity index is 579. The monoisotopic (exact) mass is 362 g/mol. The Hall–Kier alpha value is -1.88. The van der Waals surface area contributed by atoms with Crippen molar-refractivity contribution in [2.45, 2.75) is 59.5 Å². The van der Waals surface area contributed by atoms with Crippen molar-refractivity contribution in [3.05, 3.63) is 35.4 Å². The maximum atomic E-state index is 12.5. The van der Waals surface area contributed by atoms with Gasteiger partial charge >= 0.3 is 0 Å². The summed E-state index contributed by atoms with van der Waals surface area (Å²) < 4.78 is 0. The molecule has 2 atom stereocenters. The van der Waals surface area contributed by atoms with E-state index in [1.807, 2.05) is 20.9 Å². The molecule has 5 heteroatoms. The minimum atomic E-state index is -0.0357. The van der Waals surface area contributed by atoms with Gasteiger partial charge in [-0.15, -0.1) is 0 Å². The number of hydrogen-bond acceptors (Lipinski definition) is 2. The maximum Gasteiger partial charge on any atom is 0.275 e. The Morgan fingerprint density at radius 1 is 0.846 bits per heavy atom. The second-order valence-electron chi connectivity index (χ2n) is 8.14. The van der Waals surface area contributed by atoms with E-state index in [0.29, 0.717) is 12.5 Å². The molecule has 146 valence electrons. The number of amides is 2. The van der Waals surface area contributed by atoms with Gasteiger partial charge in [0.25, 0.3) is 11.8 Å². The Balaban J connectivity index is 2.66. The lowest BCUT2D eigenvalue weighted by Gasteiger charge is -2.24. The topological polar surface area (TPSA) is 62.6 Å². The normalized spacial score (nSPS) is 13.8. The SMILES string of the molecule is CC(C)NC(=O)C[NH+](C)CC(=O)N[C@@H](c1ccc(C(C)C)cc1)C(C)C. The van der Waals surface area contributed by atoms with E-state index in [4.69, 9.17) is 0 Å². The van der Waals surface area contributed by atoms with Gasteiger partial charge in [-0.3, -0.25) is 9.59 Å². The fourth-order valence-corrected chi connectivity index (χ4v) is 2.93. The quantitative estimate of drug-likeness (QED) is 0.626. The molecular formula is C21H36N3O2+. The van der Waals surface area contributed by atoms with Gasteiger partial charge < -0.3 is 15.5 Å². The number of rotatable bonds is 9. The molecule has 0 aromatic heterocycles. The third-order valence-electron chi connectivity index (χ3n) is 4.32. The highest BCUT2D eigenvalue weighted by molar-refractivity contribution is 5.79. The van der Waals surface area contributed by atoms with Crippen LogP contribution in [-0.2, 0) is 9.59 Å². The molecule has 0 spiro atoms.